The van der Waals surface area contributed by atoms with E-state index in [1.54, 1.807) is 33.8 Å². The molecule has 0 aliphatic carbocycles. The van der Waals surface area contributed by atoms with Crippen LogP contribution in [0, 0.1) is 18.6 Å². The van der Waals surface area contributed by atoms with Gasteiger partial charge in [-0.2, -0.15) is 13.2 Å². The zero-order chi connectivity index (χ0) is 31.0. The molecule has 226 valence electrons. The van der Waals surface area contributed by atoms with Gasteiger partial charge in [-0.15, -0.1) is 6.58 Å². The minimum Gasteiger partial charge on any atom is -0.466 e. The lowest BCUT2D eigenvalue weighted by atomic mass is 9.88. The van der Waals surface area contributed by atoms with Crippen LogP contribution < -0.4 is 5.32 Å². The van der Waals surface area contributed by atoms with Crippen molar-refractivity contribution >= 4 is 12.1 Å². The maximum absolute atomic E-state index is 15.6. The van der Waals surface area contributed by atoms with Crippen molar-refractivity contribution in [1.29, 1.82) is 0 Å². The van der Waals surface area contributed by atoms with Crippen LogP contribution in [0.5, 0.6) is 0 Å². The maximum Gasteiger partial charge on any atom is 0.419 e. The first kappa shape index (κ1) is 33.8. The number of carbonyl (C=O) groups excluding carboxylic acids is 2. The predicted molar refractivity (Wildman–Crippen MR) is 147 cm³/mol. The first-order chi connectivity index (χ1) is 19.1. The maximum atomic E-state index is 15.6. The largest absolute Gasteiger partial charge is 0.466 e. The van der Waals surface area contributed by atoms with E-state index in [1.807, 2.05) is 0 Å². The summed E-state index contributed by atoms with van der Waals surface area (Å²) in [5.41, 5.74) is -1.99. The number of aryl methyl sites for hydroxylation is 2. The van der Waals surface area contributed by atoms with Crippen LogP contribution in [0.4, 0.5) is 26.7 Å². The van der Waals surface area contributed by atoms with E-state index in [4.69, 9.17) is 9.47 Å². The number of benzene rings is 2. The smallest absolute Gasteiger partial charge is 0.419 e. The Balaban J connectivity index is 2.73. The van der Waals surface area contributed by atoms with Crippen molar-refractivity contribution in [2.45, 2.75) is 91.0 Å². The van der Waals surface area contributed by atoms with E-state index < -0.39 is 59.1 Å². The number of alkyl carbamates (subject to hydrolysis) is 1. The molecule has 2 rings (SSSR count). The molecule has 1 amide bonds. The van der Waals surface area contributed by atoms with E-state index in [0.29, 0.717) is 35.6 Å². The number of esters is 1. The van der Waals surface area contributed by atoms with Gasteiger partial charge in [0, 0.05) is 5.56 Å². The molecule has 5 nitrogen and oxygen atoms in total. The fourth-order valence-corrected chi connectivity index (χ4v) is 4.53. The van der Waals surface area contributed by atoms with Crippen molar-refractivity contribution in [3.63, 3.8) is 0 Å². The number of halogens is 5. The van der Waals surface area contributed by atoms with Crippen LogP contribution in [0.1, 0.15) is 88.1 Å². The Morgan fingerprint density at radius 1 is 1.05 bits per heavy atom. The van der Waals surface area contributed by atoms with Gasteiger partial charge >= 0.3 is 18.2 Å². The minimum atomic E-state index is -5.10. The minimum absolute atomic E-state index is 0.0211. The molecule has 1 atom stereocenters. The Hall–Kier alpha value is -3.43. The average Bonchev–Trinajstić information content (AvgIpc) is 2.82. The van der Waals surface area contributed by atoms with Crippen LogP contribution >= 0.6 is 0 Å². The second-order valence-electron chi connectivity index (χ2n) is 10.8. The molecular weight excluding hydrogens is 545 g/mol. The van der Waals surface area contributed by atoms with Crippen molar-refractivity contribution in [2.75, 3.05) is 6.61 Å². The molecule has 0 aliphatic rings. The molecule has 0 radical (unpaired) electrons. The lowest BCUT2D eigenvalue weighted by molar-refractivity contribution is -0.143. The lowest BCUT2D eigenvalue weighted by Crippen LogP contribution is -2.36. The summed E-state index contributed by atoms with van der Waals surface area (Å²) in [5, 5.41) is 2.33. The molecule has 0 unspecified atom stereocenters. The number of carbonyl (C=O) groups is 2. The number of ether oxygens (including phenoxy) is 2. The van der Waals surface area contributed by atoms with Gasteiger partial charge in [0.1, 0.15) is 17.2 Å². The molecule has 0 aliphatic heterocycles. The van der Waals surface area contributed by atoms with Crippen molar-refractivity contribution in [3.8, 4) is 11.1 Å². The second-order valence-corrected chi connectivity index (χ2v) is 10.8. The molecular formula is C31H38F5NO4. The van der Waals surface area contributed by atoms with E-state index in [2.05, 4.69) is 11.9 Å². The third-order valence-corrected chi connectivity index (χ3v) is 6.17. The molecule has 0 aromatic heterocycles. The highest BCUT2D eigenvalue weighted by atomic mass is 19.4. The van der Waals surface area contributed by atoms with Gasteiger partial charge in [0.2, 0.25) is 0 Å². The van der Waals surface area contributed by atoms with Gasteiger partial charge in [0.25, 0.3) is 0 Å². The Bertz CT molecular complexity index is 1230. The van der Waals surface area contributed by atoms with Gasteiger partial charge in [-0.1, -0.05) is 12.5 Å². The highest BCUT2D eigenvalue weighted by molar-refractivity contribution is 5.76. The van der Waals surface area contributed by atoms with Crippen LogP contribution in [0.3, 0.4) is 0 Å². The molecule has 0 saturated carbocycles. The van der Waals surface area contributed by atoms with Crippen molar-refractivity contribution in [1.82, 2.24) is 5.32 Å². The highest BCUT2D eigenvalue weighted by Gasteiger charge is 2.38. The zero-order valence-electron chi connectivity index (χ0n) is 24.1. The fourth-order valence-electron chi connectivity index (χ4n) is 4.53. The van der Waals surface area contributed by atoms with Crippen LogP contribution in [0.15, 0.2) is 36.9 Å². The monoisotopic (exact) mass is 583 g/mol. The summed E-state index contributed by atoms with van der Waals surface area (Å²) in [5.74, 6) is -3.04. The number of alkyl halides is 3. The van der Waals surface area contributed by atoms with Crippen LogP contribution in [0.2, 0.25) is 0 Å². The topological polar surface area (TPSA) is 64.6 Å². The van der Waals surface area contributed by atoms with Gasteiger partial charge in [-0.25, -0.2) is 13.6 Å². The number of hydrogen-bond acceptors (Lipinski definition) is 4. The number of unbranched alkanes of at least 4 members (excludes halogenated alkanes) is 3. The van der Waals surface area contributed by atoms with E-state index in [9.17, 15) is 27.2 Å². The zero-order valence-corrected chi connectivity index (χ0v) is 24.1. The Morgan fingerprint density at radius 2 is 1.73 bits per heavy atom. The molecule has 0 heterocycles. The number of nitrogens with one attached hydrogen (secondary N) is 1. The summed E-state index contributed by atoms with van der Waals surface area (Å²) in [6.07, 6.45) is -1.53. The van der Waals surface area contributed by atoms with Gasteiger partial charge in [0.05, 0.1) is 24.6 Å². The molecule has 41 heavy (non-hydrogen) atoms. The summed E-state index contributed by atoms with van der Waals surface area (Å²) in [6.45, 7) is 11.5. The Morgan fingerprint density at radius 3 is 2.32 bits per heavy atom. The quantitative estimate of drug-likeness (QED) is 0.117. The van der Waals surface area contributed by atoms with Gasteiger partial charge in [-0.3, -0.25) is 4.79 Å². The third kappa shape index (κ3) is 10.2. The molecule has 2 aromatic rings. The summed E-state index contributed by atoms with van der Waals surface area (Å²) >= 11 is 0. The van der Waals surface area contributed by atoms with Crippen LogP contribution in [-0.2, 0) is 26.9 Å². The van der Waals surface area contributed by atoms with Crippen LogP contribution in [0.25, 0.3) is 11.1 Å². The Labute approximate surface area is 238 Å². The SMILES string of the molecule is C=CCCCCCc1cc(F)cc(C)c1-c1cc([C@H](CC(=O)OCC)NC(=O)OC(C)(C)C)c(F)c(C(F)(F)F)c1. The third-order valence-electron chi connectivity index (χ3n) is 6.17. The summed E-state index contributed by atoms with van der Waals surface area (Å²) in [7, 11) is 0. The fraction of sp³-hybridized carbons (Fsp3) is 0.484. The molecule has 10 heteroatoms. The number of allylic oxidation sites excluding steroid dienone is 1. The van der Waals surface area contributed by atoms with Gasteiger partial charge in [0.15, 0.2) is 0 Å². The van der Waals surface area contributed by atoms with Crippen molar-refractivity contribution < 1.29 is 41.0 Å². The Kier molecular flexibility index (Phi) is 11.9. The summed E-state index contributed by atoms with van der Waals surface area (Å²) in [6, 6.07) is 2.75. The number of amides is 1. The lowest BCUT2D eigenvalue weighted by Gasteiger charge is -2.25. The average molecular weight is 584 g/mol. The highest BCUT2D eigenvalue weighted by Crippen LogP contribution is 2.40. The molecule has 0 saturated heterocycles. The second kappa shape index (κ2) is 14.5. The van der Waals surface area contributed by atoms with Gasteiger partial charge < -0.3 is 14.8 Å². The van der Waals surface area contributed by atoms with Crippen LogP contribution in [-0.4, -0.2) is 24.3 Å². The molecule has 0 spiro atoms. The first-order valence-corrected chi connectivity index (χ1v) is 13.5. The first-order valence-electron chi connectivity index (χ1n) is 13.5. The van der Waals surface area contributed by atoms with Gasteiger partial charge in [-0.05, 0) is 107 Å². The summed E-state index contributed by atoms with van der Waals surface area (Å²) in [4.78, 5) is 25.0. The molecule has 0 fully saturated rings. The predicted octanol–water partition coefficient (Wildman–Crippen LogP) is 8.77. The summed E-state index contributed by atoms with van der Waals surface area (Å²) < 4.78 is 82.5. The van der Waals surface area contributed by atoms with Crippen molar-refractivity contribution in [2.24, 2.45) is 0 Å². The van der Waals surface area contributed by atoms with E-state index in [0.717, 1.165) is 25.3 Å². The van der Waals surface area contributed by atoms with Crippen molar-refractivity contribution in [3.05, 3.63) is 70.8 Å². The molecule has 2 aromatic carbocycles. The van der Waals surface area contributed by atoms with E-state index in [-0.39, 0.29) is 12.2 Å². The molecule has 1 N–H and O–H groups in total. The standard InChI is InChI=1S/C31H38F5NO4/c1-7-9-10-11-12-13-20-15-22(32)14-19(3)27(20)21-16-23(28(33)24(17-21)31(34,35)36)25(18-26(38)40-8-2)37-29(39)41-30(4,5)6/h7,14-17,25H,1,8-13,18H2,2-6H3,(H,37,39)/t25-/m0/s1. The molecule has 0 bridgehead atoms. The number of hydrogen-bond donors (Lipinski definition) is 1. The van der Waals surface area contributed by atoms with E-state index >= 15 is 4.39 Å². The van der Waals surface area contributed by atoms with E-state index in [1.165, 1.54) is 19.1 Å². The number of rotatable bonds is 12. The normalized spacial score (nSPS) is 12.5.